The van der Waals surface area contributed by atoms with Crippen molar-refractivity contribution < 1.29 is 19.1 Å². The molecule has 2 N–H and O–H groups in total. The van der Waals surface area contributed by atoms with E-state index in [1.165, 1.54) is 0 Å². The summed E-state index contributed by atoms with van der Waals surface area (Å²) in [7, 11) is 0. The molecule has 7 heteroatoms. The van der Waals surface area contributed by atoms with Gasteiger partial charge in [-0.05, 0) is 81.8 Å². The van der Waals surface area contributed by atoms with Crippen molar-refractivity contribution in [3.63, 3.8) is 0 Å². The van der Waals surface area contributed by atoms with Gasteiger partial charge in [-0.3, -0.25) is 9.59 Å². The number of amides is 3. The van der Waals surface area contributed by atoms with Crippen LogP contribution in [0.15, 0.2) is 72.8 Å². The third-order valence-corrected chi connectivity index (χ3v) is 7.84. The molecule has 0 aromatic heterocycles. The molecule has 3 aromatic carbocycles. The molecule has 7 nitrogen and oxygen atoms in total. The van der Waals surface area contributed by atoms with Crippen LogP contribution in [-0.2, 0) is 20.7 Å². The number of nitrogens with zero attached hydrogens (tertiary/aromatic N) is 1. The summed E-state index contributed by atoms with van der Waals surface area (Å²) in [6, 6.07) is 21.3. The number of carbonyl (C=O) groups excluding carboxylic acids is 3. The number of alkyl carbamates (subject to hydrolysis) is 1. The minimum Gasteiger partial charge on any atom is -0.444 e. The van der Waals surface area contributed by atoms with Crippen LogP contribution in [0.3, 0.4) is 0 Å². The van der Waals surface area contributed by atoms with Crippen molar-refractivity contribution in [2.75, 3.05) is 11.9 Å². The second-order valence-electron chi connectivity index (χ2n) is 12.8. The SMILES string of the molecule is CCCCCCCN(C(=O)C(Cc1ccccc1)NC(=O)OC(C)(C)C)C(C(=O)Nc1ccccc1C)c1c(C)cccc1C. The van der Waals surface area contributed by atoms with Crippen molar-refractivity contribution in [2.45, 2.75) is 105 Å². The second kappa shape index (κ2) is 16.8. The lowest BCUT2D eigenvalue weighted by atomic mass is 9.92. The number of benzene rings is 3. The van der Waals surface area contributed by atoms with E-state index in [1.54, 1.807) is 25.7 Å². The molecule has 3 rings (SSSR count). The number of aryl methyl sites for hydroxylation is 3. The first-order chi connectivity index (χ1) is 21.4. The van der Waals surface area contributed by atoms with Gasteiger partial charge in [-0.1, -0.05) is 99.3 Å². The van der Waals surface area contributed by atoms with Gasteiger partial charge in [0.2, 0.25) is 5.91 Å². The number of anilines is 1. The summed E-state index contributed by atoms with van der Waals surface area (Å²) in [6.45, 7) is 13.8. The fraction of sp³-hybridized carbons (Fsp3) is 0.447. The molecular formula is C38H51N3O4. The van der Waals surface area contributed by atoms with Crippen LogP contribution in [0.5, 0.6) is 0 Å². The number of hydrogen-bond acceptors (Lipinski definition) is 4. The van der Waals surface area contributed by atoms with Crippen molar-refractivity contribution in [3.8, 4) is 0 Å². The van der Waals surface area contributed by atoms with Gasteiger partial charge in [-0.25, -0.2) is 4.79 Å². The number of ether oxygens (including phenoxy) is 1. The number of unbranched alkanes of at least 4 members (excludes halogenated alkanes) is 4. The van der Waals surface area contributed by atoms with Crippen LogP contribution in [0.25, 0.3) is 0 Å². The maximum absolute atomic E-state index is 14.8. The highest BCUT2D eigenvalue weighted by Gasteiger charge is 2.37. The molecule has 45 heavy (non-hydrogen) atoms. The van der Waals surface area contributed by atoms with Gasteiger partial charge in [-0.15, -0.1) is 0 Å². The third kappa shape index (κ3) is 10.8. The molecule has 242 valence electrons. The van der Waals surface area contributed by atoms with Crippen LogP contribution >= 0.6 is 0 Å². The molecule has 0 saturated heterocycles. The smallest absolute Gasteiger partial charge is 0.408 e. The molecule has 0 aliphatic heterocycles. The topological polar surface area (TPSA) is 87.7 Å². The van der Waals surface area contributed by atoms with Gasteiger partial charge in [-0.2, -0.15) is 0 Å². The number of hydrogen-bond donors (Lipinski definition) is 2. The lowest BCUT2D eigenvalue weighted by molar-refractivity contribution is -0.141. The quantitative estimate of drug-likeness (QED) is 0.179. The van der Waals surface area contributed by atoms with Crippen LogP contribution in [0, 0.1) is 20.8 Å². The number of carbonyl (C=O) groups is 3. The van der Waals surface area contributed by atoms with Crippen molar-refractivity contribution in [1.82, 2.24) is 10.2 Å². The number of nitrogens with one attached hydrogen (secondary N) is 2. The Morgan fingerprint density at radius 1 is 0.778 bits per heavy atom. The van der Waals surface area contributed by atoms with Gasteiger partial charge in [0.25, 0.3) is 5.91 Å². The predicted octanol–water partition coefficient (Wildman–Crippen LogP) is 8.23. The fourth-order valence-electron chi connectivity index (χ4n) is 5.55. The summed E-state index contributed by atoms with van der Waals surface area (Å²) in [4.78, 5) is 44.0. The molecule has 0 saturated carbocycles. The molecule has 0 spiro atoms. The summed E-state index contributed by atoms with van der Waals surface area (Å²) in [5, 5.41) is 5.99. The highest BCUT2D eigenvalue weighted by atomic mass is 16.6. The van der Waals surface area contributed by atoms with Crippen molar-refractivity contribution in [3.05, 3.63) is 101 Å². The largest absolute Gasteiger partial charge is 0.444 e. The minimum atomic E-state index is -0.948. The first-order valence-corrected chi connectivity index (χ1v) is 16.2. The molecule has 2 unspecified atom stereocenters. The van der Waals surface area contributed by atoms with E-state index in [0.29, 0.717) is 12.2 Å². The van der Waals surface area contributed by atoms with E-state index < -0.39 is 23.8 Å². The Morgan fingerprint density at radius 2 is 1.38 bits per heavy atom. The first kappa shape index (κ1) is 35.4. The minimum absolute atomic E-state index is 0.254. The zero-order chi connectivity index (χ0) is 33.0. The molecular weight excluding hydrogens is 562 g/mol. The van der Waals surface area contributed by atoms with E-state index in [1.807, 2.05) is 93.6 Å². The second-order valence-corrected chi connectivity index (χ2v) is 12.8. The standard InChI is InChI=1S/C38H51N3O4/c1-8-9-10-11-17-25-41(36(43)32(26-30-22-13-12-14-23-30)40-37(44)45-38(5,6)7)34(33-28(3)20-18-21-29(33)4)35(42)39-31-24-16-15-19-27(31)2/h12-16,18-24,32,34H,8-11,17,25-26H2,1-7H3,(H,39,42)(H,40,44). The Kier molecular flexibility index (Phi) is 13.2. The van der Waals surface area contributed by atoms with Gasteiger partial charge >= 0.3 is 6.09 Å². The Bertz CT molecular complexity index is 1390. The van der Waals surface area contributed by atoms with Crippen molar-refractivity contribution >= 4 is 23.6 Å². The summed E-state index contributed by atoms with van der Waals surface area (Å²) in [6.07, 6.45) is 4.50. The number of rotatable bonds is 14. The van der Waals surface area contributed by atoms with Crippen LogP contribution in [0.4, 0.5) is 10.5 Å². The predicted molar refractivity (Wildman–Crippen MR) is 182 cm³/mol. The average molecular weight is 614 g/mol. The highest BCUT2D eigenvalue weighted by Crippen LogP contribution is 2.31. The maximum Gasteiger partial charge on any atom is 0.408 e. The van der Waals surface area contributed by atoms with Crippen LogP contribution in [-0.4, -0.2) is 41.0 Å². The Hall–Kier alpha value is -4.13. The molecule has 0 heterocycles. The van der Waals surface area contributed by atoms with E-state index >= 15 is 0 Å². The fourth-order valence-corrected chi connectivity index (χ4v) is 5.55. The molecule has 0 aliphatic rings. The van der Waals surface area contributed by atoms with Gasteiger partial charge in [0.05, 0.1) is 0 Å². The average Bonchev–Trinajstić information content (AvgIpc) is 2.97. The van der Waals surface area contributed by atoms with Crippen LogP contribution in [0.1, 0.15) is 93.7 Å². The molecule has 3 aromatic rings. The molecule has 0 fully saturated rings. The molecule has 0 aliphatic carbocycles. The lowest BCUT2D eigenvalue weighted by Gasteiger charge is -2.36. The molecule has 3 amide bonds. The zero-order valence-electron chi connectivity index (χ0n) is 28.1. The number of para-hydroxylation sites is 1. The van der Waals surface area contributed by atoms with Crippen molar-refractivity contribution in [1.29, 1.82) is 0 Å². The van der Waals surface area contributed by atoms with Crippen LogP contribution in [0.2, 0.25) is 0 Å². The van der Waals surface area contributed by atoms with Gasteiger partial charge in [0, 0.05) is 18.7 Å². The Labute approximate surface area is 269 Å². The monoisotopic (exact) mass is 613 g/mol. The van der Waals surface area contributed by atoms with E-state index in [2.05, 4.69) is 17.6 Å². The molecule has 0 radical (unpaired) electrons. The Balaban J connectivity index is 2.11. The summed E-state index contributed by atoms with van der Waals surface area (Å²) in [5.41, 5.74) is 4.41. The maximum atomic E-state index is 14.8. The van der Waals surface area contributed by atoms with Gasteiger partial charge < -0.3 is 20.3 Å². The third-order valence-electron chi connectivity index (χ3n) is 7.84. The zero-order valence-corrected chi connectivity index (χ0v) is 28.1. The summed E-state index contributed by atoms with van der Waals surface area (Å²) >= 11 is 0. The normalized spacial score (nSPS) is 12.6. The van der Waals surface area contributed by atoms with Gasteiger partial charge in [0.1, 0.15) is 17.7 Å². The van der Waals surface area contributed by atoms with Crippen LogP contribution < -0.4 is 10.6 Å². The molecule has 0 bridgehead atoms. The van der Waals surface area contributed by atoms with E-state index in [-0.39, 0.29) is 18.2 Å². The lowest BCUT2D eigenvalue weighted by Crippen LogP contribution is -2.53. The summed E-state index contributed by atoms with van der Waals surface area (Å²) < 4.78 is 5.58. The first-order valence-electron chi connectivity index (χ1n) is 16.2. The van der Waals surface area contributed by atoms with Gasteiger partial charge in [0.15, 0.2) is 0 Å². The van der Waals surface area contributed by atoms with E-state index in [9.17, 15) is 14.4 Å². The molecule has 2 atom stereocenters. The van der Waals surface area contributed by atoms with E-state index in [0.717, 1.165) is 59.9 Å². The van der Waals surface area contributed by atoms with Crippen molar-refractivity contribution in [2.24, 2.45) is 0 Å². The highest BCUT2D eigenvalue weighted by molar-refractivity contribution is 5.99. The summed E-state index contributed by atoms with van der Waals surface area (Å²) in [5.74, 6) is -0.618. The Morgan fingerprint density at radius 3 is 2.00 bits per heavy atom. The van der Waals surface area contributed by atoms with E-state index in [4.69, 9.17) is 4.74 Å².